The molecule has 21 heavy (non-hydrogen) atoms. The van der Waals surface area contributed by atoms with Crippen LogP contribution in [0.25, 0.3) is 10.9 Å². The second kappa shape index (κ2) is 5.48. The van der Waals surface area contributed by atoms with Gasteiger partial charge in [0.1, 0.15) is 0 Å². The summed E-state index contributed by atoms with van der Waals surface area (Å²) in [6, 6.07) is 8.38. The molecule has 1 aliphatic rings. The minimum Gasteiger partial charge on any atom is -0.332 e. The number of amides is 1. The first-order chi connectivity index (χ1) is 10.1. The number of nitrogens with one attached hydrogen (secondary N) is 1. The normalized spacial score (nSPS) is 23.7. The van der Waals surface area contributed by atoms with Gasteiger partial charge < -0.3 is 4.90 Å². The van der Waals surface area contributed by atoms with E-state index in [1.165, 1.54) is 0 Å². The zero-order chi connectivity index (χ0) is 15.0. The summed E-state index contributed by atoms with van der Waals surface area (Å²) in [6.07, 6.45) is 0. The highest BCUT2D eigenvalue weighted by atomic mass is 16.2. The first kappa shape index (κ1) is 14.1. The lowest BCUT2D eigenvalue weighted by Crippen LogP contribution is -2.57. The van der Waals surface area contributed by atoms with Crippen molar-refractivity contribution >= 4 is 16.8 Å². The fourth-order valence-corrected chi connectivity index (χ4v) is 3.18. The molecule has 1 saturated heterocycles. The number of hydrogen-bond donors (Lipinski definition) is 1. The SMILES string of the molecule is CCN1C[C@@H](C)N(C(=O)c2n[nH]c3ccccc23)C[C@@H]1C. The van der Waals surface area contributed by atoms with Gasteiger partial charge in [0.25, 0.3) is 5.91 Å². The van der Waals surface area contributed by atoms with Gasteiger partial charge in [-0.2, -0.15) is 5.10 Å². The standard InChI is InChI=1S/C16H22N4O/c1-4-19-9-12(3)20(10-11(19)2)16(21)15-13-7-5-6-8-14(13)17-18-15/h5-8,11-12H,4,9-10H2,1-3H3,(H,17,18)/t11-,12+/m0/s1. The highest BCUT2D eigenvalue weighted by Gasteiger charge is 2.33. The van der Waals surface area contributed by atoms with E-state index in [1.807, 2.05) is 29.2 Å². The Hall–Kier alpha value is -1.88. The molecule has 1 aromatic heterocycles. The molecule has 1 fully saturated rings. The van der Waals surface area contributed by atoms with Crippen LogP contribution in [-0.2, 0) is 0 Å². The zero-order valence-corrected chi connectivity index (χ0v) is 12.8. The van der Waals surface area contributed by atoms with Gasteiger partial charge >= 0.3 is 0 Å². The molecule has 2 atom stereocenters. The Balaban J connectivity index is 1.88. The highest BCUT2D eigenvalue weighted by molar-refractivity contribution is 6.04. The van der Waals surface area contributed by atoms with E-state index in [0.29, 0.717) is 11.7 Å². The van der Waals surface area contributed by atoms with Crippen molar-refractivity contribution in [3.05, 3.63) is 30.0 Å². The molecule has 3 rings (SSSR count). The van der Waals surface area contributed by atoms with E-state index >= 15 is 0 Å². The molecule has 5 heteroatoms. The monoisotopic (exact) mass is 286 g/mol. The van der Waals surface area contributed by atoms with Gasteiger partial charge in [0.05, 0.1) is 5.52 Å². The van der Waals surface area contributed by atoms with Crippen LogP contribution in [0.15, 0.2) is 24.3 Å². The van der Waals surface area contributed by atoms with Crippen LogP contribution in [0, 0.1) is 0 Å². The summed E-state index contributed by atoms with van der Waals surface area (Å²) in [4.78, 5) is 17.2. The Morgan fingerprint density at radius 1 is 1.29 bits per heavy atom. The Bertz CT molecular complexity index is 651. The van der Waals surface area contributed by atoms with E-state index in [0.717, 1.165) is 30.5 Å². The van der Waals surface area contributed by atoms with Gasteiger partial charge in [0.15, 0.2) is 5.69 Å². The molecule has 1 aliphatic heterocycles. The largest absolute Gasteiger partial charge is 0.332 e. The fraction of sp³-hybridized carbons (Fsp3) is 0.500. The molecule has 1 amide bonds. The average Bonchev–Trinajstić information content (AvgIpc) is 2.92. The number of aromatic amines is 1. The minimum absolute atomic E-state index is 0.0301. The first-order valence-electron chi connectivity index (χ1n) is 7.60. The molecular weight excluding hydrogens is 264 g/mol. The van der Waals surface area contributed by atoms with E-state index in [9.17, 15) is 4.79 Å². The van der Waals surface area contributed by atoms with E-state index in [1.54, 1.807) is 0 Å². The van der Waals surface area contributed by atoms with E-state index in [2.05, 4.69) is 35.9 Å². The lowest BCUT2D eigenvalue weighted by molar-refractivity contribution is 0.0332. The van der Waals surface area contributed by atoms with Crippen LogP contribution in [0.1, 0.15) is 31.3 Å². The summed E-state index contributed by atoms with van der Waals surface area (Å²) >= 11 is 0. The third-order valence-electron chi connectivity index (χ3n) is 4.46. The smallest absolute Gasteiger partial charge is 0.275 e. The van der Waals surface area contributed by atoms with E-state index in [-0.39, 0.29) is 11.9 Å². The van der Waals surface area contributed by atoms with Crippen LogP contribution >= 0.6 is 0 Å². The third kappa shape index (κ3) is 2.42. The van der Waals surface area contributed by atoms with Gasteiger partial charge in [0, 0.05) is 30.6 Å². The molecule has 2 heterocycles. The predicted molar refractivity (Wildman–Crippen MR) is 83.3 cm³/mol. The van der Waals surface area contributed by atoms with Crippen molar-refractivity contribution in [1.82, 2.24) is 20.0 Å². The number of hydrogen-bond acceptors (Lipinski definition) is 3. The summed E-state index contributed by atoms with van der Waals surface area (Å²) < 4.78 is 0. The van der Waals surface area contributed by atoms with Gasteiger partial charge in [-0.05, 0) is 26.5 Å². The number of nitrogens with zero attached hydrogens (tertiary/aromatic N) is 3. The molecule has 1 aromatic carbocycles. The maximum Gasteiger partial charge on any atom is 0.275 e. The van der Waals surface area contributed by atoms with Crippen LogP contribution in [0.4, 0.5) is 0 Å². The van der Waals surface area contributed by atoms with Crippen molar-refractivity contribution in [2.75, 3.05) is 19.6 Å². The fourth-order valence-electron chi connectivity index (χ4n) is 3.18. The number of carbonyl (C=O) groups is 1. The van der Waals surface area contributed by atoms with Crippen LogP contribution in [0.5, 0.6) is 0 Å². The molecule has 0 unspecified atom stereocenters. The van der Waals surface area contributed by atoms with Crippen LogP contribution < -0.4 is 0 Å². The lowest BCUT2D eigenvalue weighted by Gasteiger charge is -2.43. The van der Waals surface area contributed by atoms with Crippen molar-refractivity contribution in [2.24, 2.45) is 0 Å². The number of piperazine rings is 1. The van der Waals surface area contributed by atoms with Crippen LogP contribution in [0.3, 0.4) is 0 Å². The second-order valence-corrected chi connectivity index (χ2v) is 5.86. The van der Waals surface area contributed by atoms with E-state index < -0.39 is 0 Å². The van der Waals surface area contributed by atoms with Crippen molar-refractivity contribution in [3.8, 4) is 0 Å². The average molecular weight is 286 g/mol. The molecule has 0 saturated carbocycles. The van der Waals surface area contributed by atoms with Gasteiger partial charge in [-0.1, -0.05) is 25.1 Å². The summed E-state index contributed by atoms with van der Waals surface area (Å²) in [5, 5.41) is 8.09. The highest BCUT2D eigenvalue weighted by Crippen LogP contribution is 2.21. The Labute approximate surface area is 124 Å². The molecule has 112 valence electrons. The number of likely N-dealkylation sites (N-methyl/N-ethyl adjacent to an activating group) is 1. The van der Waals surface area contributed by atoms with E-state index in [4.69, 9.17) is 0 Å². The number of aromatic nitrogens is 2. The van der Waals surface area contributed by atoms with Gasteiger partial charge in [-0.3, -0.25) is 14.8 Å². The number of carbonyl (C=O) groups excluding carboxylic acids is 1. The number of benzene rings is 1. The van der Waals surface area contributed by atoms with Gasteiger partial charge in [-0.25, -0.2) is 0 Å². The molecule has 0 aliphatic carbocycles. The summed E-state index contributed by atoms with van der Waals surface area (Å²) in [5.41, 5.74) is 1.45. The number of para-hydroxylation sites is 1. The summed E-state index contributed by atoms with van der Waals surface area (Å²) in [7, 11) is 0. The molecule has 1 N–H and O–H groups in total. The minimum atomic E-state index is 0.0301. The Morgan fingerprint density at radius 3 is 2.81 bits per heavy atom. The maximum absolute atomic E-state index is 12.9. The van der Waals surface area contributed by atoms with Gasteiger partial charge in [-0.15, -0.1) is 0 Å². The summed E-state index contributed by atoms with van der Waals surface area (Å²) in [6.45, 7) is 9.17. The number of H-pyrrole nitrogens is 1. The second-order valence-electron chi connectivity index (χ2n) is 5.86. The quantitative estimate of drug-likeness (QED) is 0.920. The van der Waals surface area contributed by atoms with Crippen molar-refractivity contribution in [2.45, 2.75) is 32.9 Å². The van der Waals surface area contributed by atoms with Crippen molar-refractivity contribution in [1.29, 1.82) is 0 Å². The molecule has 5 nitrogen and oxygen atoms in total. The van der Waals surface area contributed by atoms with Crippen LogP contribution in [-0.4, -0.2) is 57.6 Å². The maximum atomic E-state index is 12.9. The number of fused-ring (bicyclic) bond motifs is 1. The summed E-state index contributed by atoms with van der Waals surface area (Å²) in [5.74, 6) is 0.0301. The predicted octanol–water partition coefficient (Wildman–Crippen LogP) is 2.12. The molecule has 0 bridgehead atoms. The van der Waals surface area contributed by atoms with Crippen molar-refractivity contribution in [3.63, 3.8) is 0 Å². The topological polar surface area (TPSA) is 52.2 Å². The molecule has 2 aromatic rings. The van der Waals surface area contributed by atoms with Crippen molar-refractivity contribution < 1.29 is 4.79 Å². The van der Waals surface area contributed by atoms with Crippen LogP contribution in [0.2, 0.25) is 0 Å². The Morgan fingerprint density at radius 2 is 2.05 bits per heavy atom. The first-order valence-corrected chi connectivity index (χ1v) is 7.60. The lowest BCUT2D eigenvalue weighted by atomic mass is 10.1. The molecule has 0 radical (unpaired) electrons. The van der Waals surface area contributed by atoms with Gasteiger partial charge in [0.2, 0.25) is 0 Å². The number of rotatable bonds is 2. The molecule has 0 spiro atoms. The molecular formula is C16H22N4O. The zero-order valence-electron chi connectivity index (χ0n) is 12.8. The Kier molecular flexibility index (Phi) is 3.68. The third-order valence-corrected chi connectivity index (χ3v) is 4.46.